The molecule has 0 atom stereocenters. The van der Waals surface area contributed by atoms with Gasteiger partial charge in [-0.15, -0.1) is 0 Å². The molecule has 2 aromatic carbocycles. The number of nitrogens with zero attached hydrogens (tertiary/aromatic N) is 1. The molecular formula is C17H15NO2. The fraction of sp³-hybridized carbons (Fsp3) is 0.118. The molecule has 0 unspecified atom stereocenters. The van der Waals surface area contributed by atoms with Gasteiger partial charge in [0.15, 0.2) is 5.75 Å². The summed E-state index contributed by atoms with van der Waals surface area (Å²) in [7, 11) is 0. The minimum absolute atomic E-state index is 0.586. The fourth-order valence-electron chi connectivity index (χ4n) is 2.42. The van der Waals surface area contributed by atoms with Gasteiger partial charge in [-0.25, -0.2) is 0 Å². The van der Waals surface area contributed by atoms with E-state index in [0.29, 0.717) is 5.88 Å². The maximum absolute atomic E-state index is 10.7. The second-order valence-electron chi connectivity index (χ2n) is 4.54. The molecule has 0 saturated heterocycles. The minimum Gasteiger partial charge on any atom is -0.439 e. The van der Waals surface area contributed by atoms with Gasteiger partial charge in [-0.2, -0.15) is 0 Å². The van der Waals surface area contributed by atoms with E-state index in [2.05, 4.69) is 18.2 Å². The lowest BCUT2D eigenvalue weighted by Crippen LogP contribution is -2.19. The first-order valence-corrected chi connectivity index (χ1v) is 6.64. The van der Waals surface area contributed by atoms with Crippen LogP contribution in [0.4, 0.5) is 5.69 Å². The highest BCUT2D eigenvalue weighted by Gasteiger charge is 2.25. The summed E-state index contributed by atoms with van der Waals surface area (Å²) in [4.78, 5) is 12.7. The summed E-state index contributed by atoms with van der Waals surface area (Å²) in [6, 6.07) is 16.3. The molecule has 3 nitrogen and oxygen atoms in total. The SMILES string of the molecule is CCN1/C(=C/C=O)Oc2ccc(-c3ccccc3)cc21. The number of aldehydes is 1. The van der Waals surface area contributed by atoms with Crippen LogP contribution in [0, 0.1) is 0 Å². The number of anilines is 1. The van der Waals surface area contributed by atoms with Crippen molar-refractivity contribution in [1.82, 2.24) is 0 Å². The van der Waals surface area contributed by atoms with Crippen molar-refractivity contribution in [3.05, 3.63) is 60.5 Å². The van der Waals surface area contributed by atoms with Gasteiger partial charge in [0.05, 0.1) is 5.69 Å². The molecule has 0 aromatic heterocycles. The molecule has 1 aliphatic rings. The molecule has 3 heteroatoms. The van der Waals surface area contributed by atoms with Gasteiger partial charge in [0.2, 0.25) is 5.88 Å². The topological polar surface area (TPSA) is 29.5 Å². The summed E-state index contributed by atoms with van der Waals surface area (Å²) in [6.45, 7) is 2.79. The lowest BCUT2D eigenvalue weighted by molar-refractivity contribution is -0.104. The summed E-state index contributed by atoms with van der Waals surface area (Å²) < 4.78 is 5.70. The van der Waals surface area contributed by atoms with Crippen molar-refractivity contribution in [2.24, 2.45) is 0 Å². The van der Waals surface area contributed by atoms with Gasteiger partial charge in [-0.05, 0) is 30.2 Å². The van der Waals surface area contributed by atoms with E-state index >= 15 is 0 Å². The van der Waals surface area contributed by atoms with Gasteiger partial charge in [0, 0.05) is 12.6 Å². The van der Waals surface area contributed by atoms with Crippen molar-refractivity contribution < 1.29 is 9.53 Å². The van der Waals surface area contributed by atoms with E-state index in [1.807, 2.05) is 42.2 Å². The van der Waals surface area contributed by atoms with Crippen LogP contribution in [0.15, 0.2) is 60.5 Å². The third kappa shape index (κ3) is 2.07. The maximum atomic E-state index is 10.7. The van der Waals surface area contributed by atoms with Crippen molar-refractivity contribution >= 4 is 12.0 Å². The first kappa shape index (κ1) is 12.5. The quantitative estimate of drug-likeness (QED) is 0.627. The molecule has 0 fully saturated rings. The first-order chi connectivity index (χ1) is 9.83. The van der Waals surface area contributed by atoms with Gasteiger partial charge >= 0.3 is 0 Å². The van der Waals surface area contributed by atoms with Crippen LogP contribution in [-0.4, -0.2) is 12.8 Å². The molecule has 0 saturated carbocycles. The number of carbonyl (C=O) groups excluding carboxylic acids is 1. The second-order valence-corrected chi connectivity index (χ2v) is 4.54. The van der Waals surface area contributed by atoms with E-state index in [9.17, 15) is 4.79 Å². The highest BCUT2D eigenvalue weighted by atomic mass is 16.5. The Balaban J connectivity index is 2.05. The normalized spacial score (nSPS) is 15.1. The van der Waals surface area contributed by atoms with E-state index in [1.54, 1.807) is 0 Å². The number of hydrogen-bond donors (Lipinski definition) is 0. The Labute approximate surface area is 118 Å². The zero-order valence-corrected chi connectivity index (χ0v) is 11.2. The summed E-state index contributed by atoms with van der Waals surface area (Å²) in [5, 5.41) is 0. The van der Waals surface area contributed by atoms with Gasteiger partial charge in [0.25, 0.3) is 0 Å². The molecule has 0 N–H and O–H groups in total. The average Bonchev–Trinajstić information content (AvgIpc) is 2.84. The van der Waals surface area contributed by atoms with E-state index in [4.69, 9.17) is 4.74 Å². The van der Waals surface area contributed by atoms with Crippen molar-refractivity contribution in [1.29, 1.82) is 0 Å². The summed E-state index contributed by atoms with van der Waals surface area (Å²) >= 11 is 0. The molecule has 1 heterocycles. The lowest BCUT2D eigenvalue weighted by Gasteiger charge is -2.15. The summed E-state index contributed by atoms with van der Waals surface area (Å²) in [5.41, 5.74) is 3.31. The molecule has 0 amide bonds. The number of fused-ring (bicyclic) bond motifs is 1. The third-order valence-electron chi connectivity index (χ3n) is 3.36. The van der Waals surface area contributed by atoms with Gasteiger partial charge in [-0.1, -0.05) is 36.4 Å². The largest absolute Gasteiger partial charge is 0.439 e. The molecule has 100 valence electrons. The zero-order valence-electron chi connectivity index (χ0n) is 11.2. The molecule has 0 spiro atoms. The van der Waals surface area contributed by atoms with Crippen LogP contribution in [0.3, 0.4) is 0 Å². The van der Waals surface area contributed by atoms with Crippen molar-refractivity contribution in [3.8, 4) is 16.9 Å². The Morgan fingerprint density at radius 3 is 2.60 bits per heavy atom. The summed E-state index contributed by atoms with van der Waals surface area (Å²) in [5.74, 6) is 1.38. The Morgan fingerprint density at radius 1 is 1.10 bits per heavy atom. The Morgan fingerprint density at radius 2 is 1.90 bits per heavy atom. The van der Waals surface area contributed by atoms with E-state index < -0.39 is 0 Å². The predicted octanol–water partition coefficient (Wildman–Crippen LogP) is 3.61. The number of carbonyl (C=O) groups is 1. The number of allylic oxidation sites excluding steroid dienone is 1. The number of ether oxygens (including phenoxy) is 1. The van der Waals surface area contributed by atoms with Gasteiger partial charge < -0.3 is 9.64 Å². The summed E-state index contributed by atoms with van der Waals surface area (Å²) in [6.07, 6.45) is 2.20. The minimum atomic E-state index is 0.586. The molecule has 1 aliphatic heterocycles. The van der Waals surface area contributed by atoms with Crippen LogP contribution in [-0.2, 0) is 4.79 Å². The Bertz CT molecular complexity index is 662. The smallest absolute Gasteiger partial charge is 0.203 e. The highest BCUT2D eigenvalue weighted by molar-refractivity contribution is 5.78. The number of hydrogen-bond acceptors (Lipinski definition) is 3. The highest BCUT2D eigenvalue weighted by Crippen LogP contribution is 2.41. The second kappa shape index (κ2) is 5.21. The van der Waals surface area contributed by atoms with E-state index in [-0.39, 0.29) is 0 Å². The predicted molar refractivity (Wildman–Crippen MR) is 79.7 cm³/mol. The van der Waals surface area contributed by atoms with Crippen LogP contribution in [0.5, 0.6) is 5.75 Å². The first-order valence-electron chi connectivity index (χ1n) is 6.64. The molecule has 0 radical (unpaired) electrons. The molecule has 20 heavy (non-hydrogen) atoms. The third-order valence-corrected chi connectivity index (χ3v) is 3.36. The average molecular weight is 265 g/mol. The van der Waals surface area contributed by atoms with Crippen molar-refractivity contribution in [3.63, 3.8) is 0 Å². The Kier molecular flexibility index (Phi) is 3.25. The molecule has 0 aliphatic carbocycles. The number of benzene rings is 2. The molecular weight excluding hydrogens is 250 g/mol. The fourth-order valence-corrected chi connectivity index (χ4v) is 2.42. The number of rotatable bonds is 3. The van der Waals surface area contributed by atoms with Crippen LogP contribution >= 0.6 is 0 Å². The molecule has 2 aromatic rings. The van der Waals surface area contributed by atoms with Crippen molar-refractivity contribution in [2.45, 2.75) is 6.92 Å². The van der Waals surface area contributed by atoms with E-state index in [1.165, 1.54) is 11.6 Å². The van der Waals surface area contributed by atoms with Crippen LogP contribution < -0.4 is 9.64 Å². The van der Waals surface area contributed by atoms with Crippen LogP contribution in [0.2, 0.25) is 0 Å². The maximum Gasteiger partial charge on any atom is 0.203 e. The molecule has 0 bridgehead atoms. The van der Waals surface area contributed by atoms with Crippen molar-refractivity contribution in [2.75, 3.05) is 11.4 Å². The van der Waals surface area contributed by atoms with Crippen LogP contribution in [0.25, 0.3) is 11.1 Å². The van der Waals surface area contributed by atoms with Crippen LogP contribution in [0.1, 0.15) is 6.92 Å². The Hall–Kier alpha value is -2.55. The van der Waals surface area contributed by atoms with Gasteiger partial charge in [0.1, 0.15) is 6.29 Å². The standard InChI is InChI=1S/C17H15NO2/c1-2-18-15-12-14(13-6-4-3-5-7-13)8-9-16(15)20-17(18)10-11-19/h3-12H,2H2,1H3/b17-10-. The van der Waals surface area contributed by atoms with Gasteiger partial charge in [-0.3, -0.25) is 4.79 Å². The van der Waals surface area contributed by atoms with E-state index in [0.717, 1.165) is 29.8 Å². The molecule has 3 rings (SSSR count). The lowest BCUT2D eigenvalue weighted by atomic mass is 10.0. The zero-order chi connectivity index (χ0) is 13.9. The monoisotopic (exact) mass is 265 g/mol.